The van der Waals surface area contributed by atoms with Crippen LogP contribution in [0.2, 0.25) is 0 Å². The van der Waals surface area contributed by atoms with E-state index in [9.17, 15) is 14.9 Å². The third-order valence-corrected chi connectivity index (χ3v) is 5.67. The van der Waals surface area contributed by atoms with E-state index in [0.717, 1.165) is 69.5 Å². The highest BCUT2D eigenvalue weighted by Gasteiger charge is 2.20. The molecule has 0 bridgehead atoms. The second kappa shape index (κ2) is 9.76. The van der Waals surface area contributed by atoms with Crippen molar-refractivity contribution < 1.29 is 14.5 Å². The number of piperazine rings is 1. The summed E-state index contributed by atoms with van der Waals surface area (Å²) < 4.78 is 5.38. The molecule has 2 aliphatic heterocycles. The van der Waals surface area contributed by atoms with Crippen LogP contribution in [0.15, 0.2) is 48.5 Å². The van der Waals surface area contributed by atoms with Crippen LogP contribution in [0.4, 0.5) is 22.7 Å². The number of nitro benzene ring substituents is 1. The van der Waals surface area contributed by atoms with E-state index in [0.29, 0.717) is 6.54 Å². The van der Waals surface area contributed by atoms with Crippen molar-refractivity contribution in [2.75, 3.05) is 74.1 Å². The van der Waals surface area contributed by atoms with Crippen molar-refractivity contribution in [1.29, 1.82) is 0 Å². The largest absolute Gasteiger partial charge is 0.378 e. The molecule has 1 N–H and O–H groups in total. The molecule has 1 amide bonds. The fourth-order valence-corrected chi connectivity index (χ4v) is 3.95. The standard InChI is InChI=1S/C22H27N5O4/c28-22(23-18-4-6-19(7-5-18)26-12-14-31-15-13-26)17-24-8-10-25(11-9-24)20-2-1-3-21(16-20)27(29)30/h1-7,16H,8-15,17H2,(H,23,28). The zero-order valence-electron chi connectivity index (χ0n) is 17.4. The van der Waals surface area contributed by atoms with Gasteiger partial charge >= 0.3 is 0 Å². The zero-order chi connectivity index (χ0) is 21.6. The first-order valence-electron chi connectivity index (χ1n) is 10.5. The Morgan fingerprint density at radius 3 is 2.29 bits per heavy atom. The van der Waals surface area contributed by atoms with Crippen molar-refractivity contribution >= 4 is 28.7 Å². The Hall–Kier alpha value is -3.17. The molecule has 0 aromatic heterocycles. The third-order valence-electron chi connectivity index (χ3n) is 5.67. The van der Waals surface area contributed by atoms with Gasteiger partial charge in [-0.15, -0.1) is 0 Å². The summed E-state index contributed by atoms with van der Waals surface area (Å²) in [5, 5.41) is 14.0. The van der Waals surface area contributed by atoms with E-state index in [1.165, 1.54) is 6.07 Å². The topological polar surface area (TPSA) is 91.2 Å². The van der Waals surface area contributed by atoms with Gasteiger partial charge in [-0.1, -0.05) is 6.07 Å². The Balaban J connectivity index is 1.24. The molecule has 4 rings (SSSR count). The average Bonchev–Trinajstić information content (AvgIpc) is 2.81. The number of nitrogens with one attached hydrogen (secondary N) is 1. The molecule has 0 unspecified atom stereocenters. The fraction of sp³-hybridized carbons (Fsp3) is 0.409. The number of morpholine rings is 1. The lowest BCUT2D eigenvalue weighted by molar-refractivity contribution is -0.384. The Bertz CT molecular complexity index is 906. The lowest BCUT2D eigenvalue weighted by Gasteiger charge is -2.35. The minimum Gasteiger partial charge on any atom is -0.378 e. The highest BCUT2D eigenvalue weighted by Crippen LogP contribution is 2.22. The molecule has 0 atom stereocenters. The normalized spacial score (nSPS) is 17.4. The van der Waals surface area contributed by atoms with Gasteiger partial charge in [-0.2, -0.15) is 0 Å². The number of rotatable bonds is 6. The van der Waals surface area contributed by atoms with Gasteiger partial charge in [0.1, 0.15) is 0 Å². The number of hydrogen-bond donors (Lipinski definition) is 1. The molecule has 2 fully saturated rings. The van der Waals surface area contributed by atoms with Crippen LogP contribution in [0.1, 0.15) is 0 Å². The number of nitro groups is 1. The van der Waals surface area contributed by atoms with Gasteiger partial charge in [-0.25, -0.2) is 0 Å². The van der Waals surface area contributed by atoms with Gasteiger partial charge in [0.05, 0.1) is 24.7 Å². The van der Waals surface area contributed by atoms with Gasteiger partial charge in [0.2, 0.25) is 5.91 Å². The maximum atomic E-state index is 12.5. The van der Waals surface area contributed by atoms with Crippen LogP contribution in [0.5, 0.6) is 0 Å². The maximum absolute atomic E-state index is 12.5. The van der Waals surface area contributed by atoms with Gasteiger partial charge in [0.15, 0.2) is 0 Å². The molecule has 2 aromatic rings. The second-order valence-corrected chi connectivity index (χ2v) is 7.73. The van der Waals surface area contributed by atoms with Crippen LogP contribution >= 0.6 is 0 Å². The van der Waals surface area contributed by atoms with Crippen LogP contribution in [0.25, 0.3) is 0 Å². The van der Waals surface area contributed by atoms with Crippen LogP contribution in [-0.2, 0) is 9.53 Å². The number of hydrogen-bond acceptors (Lipinski definition) is 7. The molecule has 2 heterocycles. The molecule has 0 aliphatic carbocycles. The van der Waals surface area contributed by atoms with E-state index in [4.69, 9.17) is 4.74 Å². The number of carbonyl (C=O) groups is 1. The molecule has 2 saturated heterocycles. The van der Waals surface area contributed by atoms with Crippen LogP contribution in [-0.4, -0.2) is 74.8 Å². The molecule has 0 saturated carbocycles. The Kier molecular flexibility index (Phi) is 6.63. The lowest BCUT2D eigenvalue weighted by Crippen LogP contribution is -2.48. The minimum absolute atomic E-state index is 0.0390. The van der Waals surface area contributed by atoms with E-state index in [1.54, 1.807) is 12.1 Å². The van der Waals surface area contributed by atoms with E-state index in [2.05, 4.69) is 20.0 Å². The summed E-state index contributed by atoms with van der Waals surface area (Å²) in [7, 11) is 0. The van der Waals surface area contributed by atoms with Crippen molar-refractivity contribution in [1.82, 2.24) is 4.90 Å². The summed E-state index contributed by atoms with van der Waals surface area (Å²) in [6, 6.07) is 14.6. The number of benzene rings is 2. The highest BCUT2D eigenvalue weighted by atomic mass is 16.6. The molecule has 164 valence electrons. The van der Waals surface area contributed by atoms with Crippen LogP contribution in [0.3, 0.4) is 0 Å². The molecule has 9 heteroatoms. The molecule has 0 radical (unpaired) electrons. The van der Waals surface area contributed by atoms with Crippen molar-refractivity contribution in [2.45, 2.75) is 0 Å². The van der Waals surface area contributed by atoms with Gasteiger partial charge in [-0.3, -0.25) is 19.8 Å². The SMILES string of the molecule is O=C(CN1CCN(c2cccc([N+](=O)[O-])c2)CC1)Nc1ccc(N2CCOCC2)cc1. The summed E-state index contributed by atoms with van der Waals surface area (Å²) in [6.07, 6.45) is 0. The average molecular weight is 425 g/mol. The van der Waals surface area contributed by atoms with Gasteiger partial charge < -0.3 is 19.9 Å². The quantitative estimate of drug-likeness (QED) is 0.560. The predicted octanol–water partition coefficient (Wildman–Crippen LogP) is 2.19. The van der Waals surface area contributed by atoms with Gasteiger partial charge in [-0.05, 0) is 30.3 Å². The summed E-state index contributed by atoms with van der Waals surface area (Å²) in [6.45, 7) is 6.49. The fourth-order valence-electron chi connectivity index (χ4n) is 3.95. The maximum Gasteiger partial charge on any atom is 0.271 e. The number of ether oxygens (including phenoxy) is 1. The van der Waals surface area contributed by atoms with Crippen molar-refractivity contribution in [3.63, 3.8) is 0 Å². The van der Waals surface area contributed by atoms with Crippen molar-refractivity contribution in [3.05, 3.63) is 58.6 Å². The lowest BCUT2D eigenvalue weighted by atomic mass is 10.2. The highest BCUT2D eigenvalue weighted by molar-refractivity contribution is 5.92. The summed E-state index contributed by atoms with van der Waals surface area (Å²) in [5.41, 5.74) is 2.87. The van der Waals surface area contributed by atoms with E-state index < -0.39 is 0 Å². The zero-order valence-corrected chi connectivity index (χ0v) is 17.4. The molecular formula is C22H27N5O4. The summed E-state index contributed by atoms with van der Waals surface area (Å²) >= 11 is 0. The van der Waals surface area contributed by atoms with Crippen molar-refractivity contribution in [2.24, 2.45) is 0 Å². The molecule has 9 nitrogen and oxygen atoms in total. The predicted molar refractivity (Wildman–Crippen MR) is 120 cm³/mol. The first-order chi connectivity index (χ1) is 15.1. The van der Waals surface area contributed by atoms with Crippen molar-refractivity contribution in [3.8, 4) is 0 Å². The number of nitrogens with zero attached hydrogens (tertiary/aromatic N) is 4. The second-order valence-electron chi connectivity index (χ2n) is 7.73. The molecule has 2 aliphatic rings. The number of non-ortho nitro benzene ring substituents is 1. The first kappa shape index (κ1) is 21.1. The van der Waals surface area contributed by atoms with Gasteiger partial charge in [0.25, 0.3) is 5.69 Å². The number of anilines is 3. The van der Waals surface area contributed by atoms with E-state index in [1.807, 2.05) is 30.3 Å². The summed E-state index contributed by atoms with van der Waals surface area (Å²) in [4.78, 5) is 29.6. The monoisotopic (exact) mass is 425 g/mol. The van der Waals surface area contributed by atoms with Gasteiger partial charge in [0, 0.05) is 68.5 Å². The molecular weight excluding hydrogens is 398 g/mol. The first-order valence-corrected chi connectivity index (χ1v) is 10.5. The number of carbonyl (C=O) groups excluding carboxylic acids is 1. The third kappa shape index (κ3) is 5.50. The van der Waals surface area contributed by atoms with Crippen LogP contribution in [0, 0.1) is 10.1 Å². The Labute approximate surface area is 181 Å². The smallest absolute Gasteiger partial charge is 0.271 e. The Morgan fingerprint density at radius 1 is 0.935 bits per heavy atom. The van der Waals surface area contributed by atoms with E-state index in [-0.39, 0.29) is 16.5 Å². The summed E-state index contributed by atoms with van der Waals surface area (Å²) in [5.74, 6) is -0.0390. The minimum atomic E-state index is -0.377. The molecule has 0 spiro atoms. The molecule has 31 heavy (non-hydrogen) atoms. The Morgan fingerprint density at radius 2 is 1.61 bits per heavy atom. The van der Waals surface area contributed by atoms with Crippen LogP contribution < -0.4 is 15.1 Å². The number of amides is 1. The van der Waals surface area contributed by atoms with E-state index >= 15 is 0 Å². The molecule has 2 aromatic carbocycles.